The van der Waals surface area contributed by atoms with Gasteiger partial charge in [-0.05, 0) is 56.4 Å². The minimum absolute atomic E-state index is 0.0127. The van der Waals surface area contributed by atoms with E-state index in [9.17, 15) is 10.1 Å². The van der Waals surface area contributed by atoms with Gasteiger partial charge in [0.15, 0.2) is 0 Å². The Kier molecular flexibility index (Phi) is 7.69. The highest BCUT2D eigenvalue weighted by molar-refractivity contribution is 7.99. The van der Waals surface area contributed by atoms with Gasteiger partial charge in [-0.3, -0.25) is 4.79 Å². The zero-order valence-electron chi connectivity index (χ0n) is 18.5. The molecule has 0 atom stereocenters. The lowest BCUT2D eigenvalue weighted by atomic mass is 9.98. The van der Waals surface area contributed by atoms with E-state index in [4.69, 9.17) is 21.3 Å². The Bertz CT molecular complexity index is 1160. The molecule has 1 fully saturated rings. The number of benzene rings is 2. The highest BCUT2D eigenvalue weighted by atomic mass is 35.5. The molecule has 33 heavy (non-hydrogen) atoms. The second-order valence-corrected chi connectivity index (χ2v) is 9.66. The van der Waals surface area contributed by atoms with Crippen molar-refractivity contribution in [2.45, 2.75) is 50.2 Å². The summed E-state index contributed by atoms with van der Waals surface area (Å²) in [6.45, 7) is 2.04. The lowest BCUT2D eigenvalue weighted by molar-refractivity contribution is -0.147. The molecule has 1 aromatic heterocycles. The molecule has 3 aromatic rings. The van der Waals surface area contributed by atoms with E-state index < -0.39 is 0 Å². The molecule has 0 unspecified atom stereocenters. The van der Waals surface area contributed by atoms with E-state index in [1.165, 1.54) is 18.2 Å². The Morgan fingerprint density at radius 1 is 1.09 bits per heavy atom. The van der Waals surface area contributed by atoms with Crippen molar-refractivity contribution >= 4 is 29.3 Å². The number of halogens is 1. The second-order valence-electron chi connectivity index (χ2n) is 8.26. The average molecular weight is 477 g/mol. The van der Waals surface area contributed by atoms with Crippen LogP contribution in [-0.2, 0) is 9.53 Å². The van der Waals surface area contributed by atoms with E-state index in [1.54, 1.807) is 12.1 Å². The number of aromatic nitrogens is 1. The molecule has 2 aromatic carbocycles. The monoisotopic (exact) mass is 476 g/mol. The van der Waals surface area contributed by atoms with Gasteiger partial charge in [0.2, 0.25) is 0 Å². The van der Waals surface area contributed by atoms with E-state index in [1.807, 2.05) is 49.4 Å². The van der Waals surface area contributed by atoms with Gasteiger partial charge in [0.25, 0.3) is 0 Å². The van der Waals surface area contributed by atoms with Crippen LogP contribution in [0.2, 0.25) is 5.02 Å². The predicted octanol–water partition coefficient (Wildman–Crippen LogP) is 7.22. The zero-order chi connectivity index (χ0) is 23.2. The van der Waals surface area contributed by atoms with Crippen LogP contribution in [0.4, 0.5) is 0 Å². The molecule has 1 aliphatic rings. The van der Waals surface area contributed by atoms with Crippen LogP contribution in [0.5, 0.6) is 0 Å². The molecule has 0 spiro atoms. The Hall–Kier alpha value is -2.81. The summed E-state index contributed by atoms with van der Waals surface area (Å²) in [6, 6.07) is 19.7. The van der Waals surface area contributed by atoms with Crippen molar-refractivity contribution in [1.82, 2.24) is 4.98 Å². The Balaban J connectivity index is 1.66. The van der Waals surface area contributed by atoms with Crippen LogP contribution in [0.1, 0.15) is 43.2 Å². The van der Waals surface area contributed by atoms with E-state index in [0.29, 0.717) is 15.6 Å². The number of rotatable bonds is 6. The molecule has 6 heteroatoms. The maximum Gasteiger partial charge on any atom is 0.316 e. The molecular formula is C27H25ClN2O2S. The number of nitriles is 1. The smallest absolute Gasteiger partial charge is 0.316 e. The molecule has 0 bridgehead atoms. The van der Waals surface area contributed by atoms with Gasteiger partial charge in [-0.2, -0.15) is 5.26 Å². The zero-order valence-corrected chi connectivity index (χ0v) is 20.1. The maximum atomic E-state index is 12.5. The molecule has 0 saturated heterocycles. The molecule has 4 nitrogen and oxygen atoms in total. The summed E-state index contributed by atoms with van der Waals surface area (Å²) < 4.78 is 5.66. The van der Waals surface area contributed by atoms with Gasteiger partial charge >= 0.3 is 5.97 Å². The topological polar surface area (TPSA) is 63.0 Å². The number of thioether (sulfide) groups is 1. The average Bonchev–Trinajstić information content (AvgIpc) is 2.84. The number of aryl methyl sites for hydroxylation is 1. The molecule has 0 aliphatic heterocycles. The predicted molar refractivity (Wildman–Crippen MR) is 133 cm³/mol. The molecule has 0 radical (unpaired) electrons. The van der Waals surface area contributed by atoms with Crippen molar-refractivity contribution in [1.29, 1.82) is 5.26 Å². The maximum absolute atomic E-state index is 12.5. The van der Waals surface area contributed by atoms with Gasteiger partial charge in [-0.1, -0.05) is 71.7 Å². The van der Waals surface area contributed by atoms with Gasteiger partial charge in [-0.15, -0.1) is 0 Å². The summed E-state index contributed by atoms with van der Waals surface area (Å²) in [4.78, 5) is 17.3. The largest absolute Gasteiger partial charge is 0.462 e. The molecule has 0 N–H and O–H groups in total. The van der Waals surface area contributed by atoms with E-state index in [-0.39, 0.29) is 17.8 Å². The van der Waals surface area contributed by atoms with Gasteiger partial charge in [0.05, 0.1) is 17.0 Å². The number of nitrogens with zero attached hydrogens (tertiary/aromatic N) is 2. The number of esters is 1. The summed E-state index contributed by atoms with van der Waals surface area (Å²) in [5.74, 6) is -0.137. The molecule has 1 aliphatic carbocycles. The quantitative estimate of drug-likeness (QED) is 0.277. The van der Waals surface area contributed by atoms with E-state index in [2.05, 4.69) is 6.07 Å². The Morgan fingerprint density at radius 3 is 2.42 bits per heavy atom. The van der Waals surface area contributed by atoms with Crippen LogP contribution in [-0.4, -0.2) is 22.8 Å². The van der Waals surface area contributed by atoms with Crippen molar-refractivity contribution in [3.8, 4) is 28.5 Å². The van der Waals surface area contributed by atoms with Gasteiger partial charge in [0.1, 0.15) is 17.2 Å². The van der Waals surface area contributed by atoms with Crippen molar-refractivity contribution in [3.63, 3.8) is 0 Å². The molecule has 168 valence electrons. The fraction of sp³-hybridized carbons (Fsp3) is 0.296. The van der Waals surface area contributed by atoms with Crippen LogP contribution in [0.3, 0.4) is 0 Å². The third-order valence-electron chi connectivity index (χ3n) is 5.78. The van der Waals surface area contributed by atoms with E-state index >= 15 is 0 Å². The first kappa shape index (κ1) is 23.4. The number of hydrogen-bond acceptors (Lipinski definition) is 5. The lowest BCUT2D eigenvalue weighted by Crippen LogP contribution is -2.22. The van der Waals surface area contributed by atoms with Crippen LogP contribution in [0.25, 0.3) is 22.4 Å². The summed E-state index contributed by atoms with van der Waals surface area (Å²) in [7, 11) is 0. The minimum Gasteiger partial charge on any atom is -0.462 e. The van der Waals surface area contributed by atoms with Crippen molar-refractivity contribution in [2.75, 3.05) is 5.75 Å². The van der Waals surface area contributed by atoms with Crippen LogP contribution >= 0.6 is 23.4 Å². The first-order valence-corrected chi connectivity index (χ1v) is 12.5. The van der Waals surface area contributed by atoms with Gasteiger partial charge in [-0.25, -0.2) is 4.98 Å². The first-order valence-electron chi connectivity index (χ1n) is 11.1. The summed E-state index contributed by atoms with van der Waals surface area (Å²) in [5.41, 5.74) is 4.95. The summed E-state index contributed by atoms with van der Waals surface area (Å²) >= 11 is 7.34. The number of carbonyl (C=O) groups excluding carboxylic acids is 1. The lowest BCUT2D eigenvalue weighted by Gasteiger charge is -2.21. The number of carbonyl (C=O) groups is 1. The minimum atomic E-state index is -0.258. The molecule has 4 rings (SSSR count). The van der Waals surface area contributed by atoms with Gasteiger partial charge < -0.3 is 4.74 Å². The highest BCUT2D eigenvalue weighted by Crippen LogP contribution is 2.35. The first-order chi connectivity index (χ1) is 16.0. The molecular weight excluding hydrogens is 452 g/mol. The van der Waals surface area contributed by atoms with Crippen LogP contribution < -0.4 is 0 Å². The number of ether oxygens (including phenoxy) is 1. The Morgan fingerprint density at radius 2 is 1.76 bits per heavy atom. The van der Waals surface area contributed by atoms with Crippen molar-refractivity contribution in [3.05, 3.63) is 70.7 Å². The van der Waals surface area contributed by atoms with Gasteiger partial charge in [0, 0.05) is 16.1 Å². The highest BCUT2D eigenvalue weighted by Gasteiger charge is 2.20. The number of hydrogen-bond donors (Lipinski definition) is 0. The number of pyridine rings is 1. The summed E-state index contributed by atoms with van der Waals surface area (Å²) in [5, 5.41) is 11.2. The molecule has 1 saturated carbocycles. The molecule has 0 amide bonds. The standard InChI is InChI=1S/C27H25ClN2O2S/c1-18-7-9-20(10-8-18)25-15-23(19-11-13-21(28)14-12-19)24(16-29)27(30-25)33-17-26(31)32-22-5-3-2-4-6-22/h7-15,22H,2-6,17H2,1H3. The normalized spacial score (nSPS) is 14.0. The summed E-state index contributed by atoms with van der Waals surface area (Å²) in [6.07, 6.45) is 5.29. The van der Waals surface area contributed by atoms with Crippen LogP contribution in [0, 0.1) is 18.3 Å². The van der Waals surface area contributed by atoms with Crippen molar-refractivity contribution in [2.24, 2.45) is 0 Å². The fourth-order valence-corrected chi connectivity index (χ4v) is 4.91. The third-order valence-corrected chi connectivity index (χ3v) is 6.98. The van der Waals surface area contributed by atoms with Crippen LogP contribution in [0.15, 0.2) is 59.6 Å². The second kappa shape index (κ2) is 10.9. The van der Waals surface area contributed by atoms with E-state index in [0.717, 1.165) is 53.6 Å². The third kappa shape index (κ3) is 5.96. The van der Waals surface area contributed by atoms with Crippen molar-refractivity contribution < 1.29 is 9.53 Å². The molecule has 1 heterocycles. The fourth-order valence-electron chi connectivity index (χ4n) is 3.99. The SMILES string of the molecule is Cc1ccc(-c2cc(-c3ccc(Cl)cc3)c(C#N)c(SCC(=O)OC3CCCCC3)n2)cc1. The Labute approximate surface area is 204 Å².